The van der Waals surface area contributed by atoms with Gasteiger partial charge in [-0.15, -0.1) is 0 Å². The van der Waals surface area contributed by atoms with Crippen LogP contribution >= 0.6 is 22.6 Å². The molecule has 0 radical (unpaired) electrons. The van der Waals surface area contributed by atoms with Crippen LogP contribution in [-0.2, 0) is 0 Å². The molecule has 0 fully saturated rings. The predicted molar refractivity (Wildman–Crippen MR) is 70.2 cm³/mol. The minimum atomic E-state index is 0.00859. The Bertz CT molecular complexity index is 337. The minimum absolute atomic E-state index is 0.00859. The second-order valence-corrected chi connectivity index (χ2v) is 4.56. The fraction of sp³-hybridized carbons (Fsp3) is 0.300. The van der Waals surface area contributed by atoms with Crippen LogP contribution in [0.25, 0.3) is 0 Å². The highest BCUT2D eigenvalue weighted by molar-refractivity contribution is 14.1. The number of rotatable bonds is 4. The number of hydrogen-bond donors (Lipinski definition) is 3. The molecule has 1 aromatic rings. The van der Waals surface area contributed by atoms with E-state index in [0.717, 1.165) is 5.69 Å². The summed E-state index contributed by atoms with van der Waals surface area (Å²) in [5.74, 6) is 0.252. The number of nitrogens with two attached hydrogens (primary N) is 1. The molecular weight excluding hydrogens is 305 g/mol. The van der Waals surface area contributed by atoms with Crippen molar-refractivity contribution in [1.82, 2.24) is 0 Å². The van der Waals surface area contributed by atoms with Gasteiger partial charge in [-0.2, -0.15) is 0 Å². The van der Waals surface area contributed by atoms with E-state index < -0.39 is 0 Å². The van der Waals surface area contributed by atoms with E-state index in [2.05, 4.69) is 33.1 Å². The maximum absolute atomic E-state index is 8.47. The average molecular weight is 319 g/mol. The first-order valence-electron chi connectivity index (χ1n) is 4.60. The zero-order valence-corrected chi connectivity index (χ0v) is 10.6. The largest absolute Gasteiger partial charge is 0.409 e. The van der Waals surface area contributed by atoms with Crippen molar-refractivity contribution in [1.29, 1.82) is 0 Å². The third kappa shape index (κ3) is 3.94. The molecule has 1 aromatic carbocycles. The second-order valence-electron chi connectivity index (χ2n) is 3.31. The third-order valence-electron chi connectivity index (χ3n) is 2.08. The van der Waals surface area contributed by atoms with Crippen molar-refractivity contribution < 1.29 is 5.21 Å². The molecule has 0 aliphatic heterocycles. The monoisotopic (exact) mass is 319 g/mol. The van der Waals surface area contributed by atoms with E-state index in [1.807, 2.05) is 31.2 Å². The third-order valence-corrected chi connectivity index (χ3v) is 2.80. The molecule has 5 heteroatoms. The first-order chi connectivity index (χ1) is 7.13. The summed E-state index contributed by atoms with van der Waals surface area (Å²) in [7, 11) is 0. The van der Waals surface area contributed by atoms with Gasteiger partial charge in [0, 0.05) is 21.7 Å². The highest BCUT2D eigenvalue weighted by atomic mass is 127. The maximum atomic E-state index is 8.47. The lowest BCUT2D eigenvalue weighted by Gasteiger charge is -2.11. The standard InChI is InChI=1S/C10H14IN3O/c1-7(10(12)14-15)6-13-9-4-2-8(11)3-5-9/h2-5,7,13,15H,6H2,1H3,(H2,12,14). The molecule has 4 N–H and O–H groups in total. The van der Waals surface area contributed by atoms with Crippen LogP contribution in [0.3, 0.4) is 0 Å². The normalized spacial score (nSPS) is 13.6. The van der Waals surface area contributed by atoms with Crippen molar-refractivity contribution in [3.05, 3.63) is 27.8 Å². The molecule has 15 heavy (non-hydrogen) atoms. The van der Waals surface area contributed by atoms with Crippen molar-refractivity contribution in [3.63, 3.8) is 0 Å². The molecule has 0 aliphatic rings. The molecule has 0 aromatic heterocycles. The van der Waals surface area contributed by atoms with Gasteiger partial charge in [0.05, 0.1) is 0 Å². The first-order valence-corrected chi connectivity index (χ1v) is 5.68. The quantitative estimate of drug-likeness (QED) is 0.262. The Morgan fingerprint density at radius 1 is 1.53 bits per heavy atom. The van der Waals surface area contributed by atoms with Gasteiger partial charge in [-0.25, -0.2) is 0 Å². The minimum Gasteiger partial charge on any atom is -0.409 e. The van der Waals surface area contributed by atoms with Crippen LogP contribution in [0.1, 0.15) is 6.92 Å². The van der Waals surface area contributed by atoms with Gasteiger partial charge in [-0.05, 0) is 46.9 Å². The fourth-order valence-electron chi connectivity index (χ4n) is 1.04. The highest BCUT2D eigenvalue weighted by Crippen LogP contribution is 2.11. The molecule has 0 saturated carbocycles. The van der Waals surface area contributed by atoms with E-state index in [-0.39, 0.29) is 11.8 Å². The summed E-state index contributed by atoms with van der Waals surface area (Å²) in [5.41, 5.74) is 6.50. The number of oxime groups is 1. The van der Waals surface area contributed by atoms with E-state index in [1.54, 1.807) is 0 Å². The summed E-state index contributed by atoms with van der Waals surface area (Å²) in [6, 6.07) is 8.05. The van der Waals surface area contributed by atoms with Crippen molar-refractivity contribution in [2.45, 2.75) is 6.92 Å². The van der Waals surface area contributed by atoms with E-state index in [4.69, 9.17) is 10.9 Å². The number of nitrogens with zero attached hydrogens (tertiary/aromatic N) is 1. The molecule has 1 rings (SSSR count). The number of amidine groups is 1. The Balaban J connectivity index is 2.47. The molecule has 0 amide bonds. The average Bonchev–Trinajstić information content (AvgIpc) is 2.26. The van der Waals surface area contributed by atoms with Gasteiger partial charge in [0.2, 0.25) is 0 Å². The Hall–Kier alpha value is -0.980. The predicted octanol–water partition coefficient (Wildman–Crippen LogP) is 2.09. The Morgan fingerprint density at radius 3 is 2.67 bits per heavy atom. The molecular formula is C10H14IN3O. The lowest BCUT2D eigenvalue weighted by molar-refractivity contribution is 0.315. The zero-order valence-electron chi connectivity index (χ0n) is 8.44. The lowest BCUT2D eigenvalue weighted by atomic mass is 10.1. The fourth-order valence-corrected chi connectivity index (χ4v) is 1.40. The zero-order chi connectivity index (χ0) is 11.3. The Labute approximate surface area is 103 Å². The van der Waals surface area contributed by atoms with Crippen LogP contribution in [0, 0.1) is 9.49 Å². The van der Waals surface area contributed by atoms with E-state index >= 15 is 0 Å². The molecule has 0 saturated heterocycles. The van der Waals surface area contributed by atoms with Crippen LogP contribution in [0.4, 0.5) is 5.69 Å². The topological polar surface area (TPSA) is 70.6 Å². The summed E-state index contributed by atoms with van der Waals surface area (Å²) in [4.78, 5) is 0. The van der Waals surface area contributed by atoms with E-state index in [9.17, 15) is 0 Å². The summed E-state index contributed by atoms with van der Waals surface area (Å²) in [6.45, 7) is 2.55. The molecule has 1 atom stereocenters. The lowest BCUT2D eigenvalue weighted by Crippen LogP contribution is -2.27. The van der Waals surface area contributed by atoms with Gasteiger partial charge < -0.3 is 16.3 Å². The van der Waals surface area contributed by atoms with Gasteiger partial charge in [-0.1, -0.05) is 12.1 Å². The molecule has 1 unspecified atom stereocenters. The molecule has 0 heterocycles. The van der Waals surface area contributed by atoms with Gasteiger partial charge >= 0.3 is 0 Å². The Kier molecular flexibility index (Phi) is 4.67. The first kappa shape index (κ1) is 12.1. The van der Waals surface area contributed by atoms with Crippen LogP contribution in [-0.4, -0.2) is 17.6 Å². The molecule has 0 aliphatic carbocycles. The van der Waals surface area contributed by atoms with Crippen LogP contribution < -0.4 is 11.1 Å². The summed E-state index contributed by atoms with van der Waals surface area (Å²) in [6.07, 6.45) is 0. The van der Waals surface area contributed by atoms with Gasteiger partial charge in [0.15, 0.2) is 0 Å². The van der Waals surface area contributed by atoms with E-state index in [0.29, 0.717) is 6.54 Å². The second kappa shape index (κ2) is 5.79. The van der Waals surface area contributed by atoms with Gasteiger partial charge in [0.25, 0.3) is 0 Å². The molecule has 0 spiro atoms. The van der Waals surface area contributed by atoms with E-state index in [1.165, 1.54) is 3.57 Å². The highest BCUT2D eigenvalue weighted by Gasteiger charge is 2.06. The van der Waals surface area contributed by atoms with Crippen LogP contribution in [0.2, 0.25) is 0 Å². The number of anilines is 1. The summed E-state index contributed by atoms with van der Waals surface area (Å²) in [5, 5.41) is 14.7. The van der Waals surface area contributed by atoms with Gasteiger partial charge in [-0.3, -0.25) is 0 Å². The van der Waals surface area contributed by atoms with Crippen molar-refractivity contribution in [2.24, 2.45) is 16.8 Å². The number of benzene rings is 1. The number of halogens is 1. The maximum Gasteiger partial charge on any atom is 0.143 e. The van der Waals surface area contributed by atoms with Crippen molar-refractivity contribution in [3.8, 4) is 0 Å². The Morgan fingerprint density at radius 2 is 2.13 bits per heavy atom. The molecule has 0 bridgehead atoms. The molecule has 4 nitrogen and oxygen atoms in total. The van der Waals surface area contributed by atoms with Crippen LogP contribution in [0.15, 0.2) is 29.4 Å². The smallest absolute Gasteiger partial charge is 0.143 e. The summed E-state index contributed by atoms with van der Waals surface area (Å²) < 4.78 is 1.20. The van der Waals surface area contributed by atoms with Crippen molar-refractivity contribution in [2.75, 3.05) is 11.9 Å². The van der Waals surface area contributed by atoms with Crippen LogP contribution in [0.5, 0.6) is 0 Å². The number of hydrogen-bond acceptors (Lipinski definition) is 3. The summed E-state index contributed by atoms with van der Waals surface area (Å²) >= 11 is 2.25. The van der Waals surface area contributed by atoms with Crippen molar-refractivity contribution >= 4 is 34.1 Å². The van der Waals surface area contributed by atoms with Gasteiger partial charge in [0.1, 0.15) is 5.84 Å². The number of nitrogens with one attached hydrogen (secondary N) is 1. The molecule has 82 valence electrons. The SMILES string of the molecule is CC(CNc1ccc(I)cc1)C(N)=NO.